The highest BCUT2D eigenvalue weighted by Crippen LogP contribution is 2.44. The first-order chi connectivity index (χ1) is 40.0. The second-order valence-corrected chi connectivity index (χ2v) is 30.0. The van der Waals surface area contributed by atoms with Crippen LogP contribution in [0.1, 0.15) is 108 Å². The number of hydrogen-bond acceptors (Lipinski definition) is 15. The summed E-state index contributed by atoms with van der Waals surface area (Å²) < 4.78 is 81.0. The van der Waals surface area contributed by atoms with Crippen molar-refractivity contribution >= 4 is 24.7 Å². The smallest absolute Gasteiger partial charge is 0.332 e. The molecular formula is C66H93N3O14Si. The van der Waals surface area contributed by atoms with Crippen LogP contribution in [-0.4, -0.2) is 131 Å². The molecule has 4 aromatic carbocycles. The summed E-state index contributed by atoms with van der Waals surface area (Å²) in [4.78, 5) is 16.1. The zero-order valence-electron chi connectivity index (χ0n) is 51.7. The Balaban J connectivity index is 1.00. The molecule has 460 valence electrons. The number of carbonyl (C=O) groups excluding carboxylic acids is 1. The third-order valence-corrected chi connectivity index (χ3v) is 22.6. The van der Waals surface area contributed by atoms with Gasteiger partial charge in [0.05, 0.1) is 69.1 Å². The van der Waals surface area contributed by atoms with E-state index in [9.17, 15) is 15.4 Å². The fourth-order valence-corrected chi connectivity index (χ4v) is 17.1. The molecule has 4 fully saturated rings. The van der Waals surface area contributed by atoms with Crippen LogP contribution in [0.3, 0.4) is 0 Å². The third kappa shape index (κ3) is 15.4. The van der Waals surface area contributed by atoms with Gasteiger partial charge >= 0.3 is 5.97 Å². The highest BCUT2D eigenvalue weighted by atomic mass is 28.4. The second-order valence-electron chi connectivity index (χ2n) is 25.7. The number of ether oxygens (including phenoxy) is 11. The van der Waals surface area contributed by atoms with Gasteiger partial charge in [-0.25, -0.2) is 4.79 Å². The third-order valence-electron chi connectivity index (χ3n) is 17.6. The first-order valence-corrected chi connectivity index (χ1v) is 32.1. The number of aliphatic hydroxyl groups is 1. The molecule has 4 saturated heterocycles. The topological polar surface area (TPSA) is 197 Å². The van der Waals surface area contributed by atoms with Gasteiger partial charge in [-0.1, -0.05) is 189 Å². The van der Waals surface area contributed by atoms with Crippen molar-refractivity contribution < 1.29 is 66.4 Å². The maximum Gasteiger partial charge on any atom is 0.332 e. The molecule has 4 aliphatic heterocycles. The highest BCUT2D eigenvalue weighted by molar-refractivity contribution is 6.99. The van der Waals surface area contributed by atoms with E-state index in [1.54, 1.807) is 0 Å². The summed E-state index contributed by atoms with van der Waals surface area (Å²) in [6.45, 7) is 28.5. The van der Waals surface area contributed by atoms with Gasteiger partial charge in [0.25, 0.3) is 8.32 Å². The molecule has 0 spiro atoms. The normalized spacial score (nSPS) is 34.1. The summed E-state index contributed by atoms with van der Waals surface area (Å²) in [6, 6.07) is 40.2. The number of nitrogens with zero attached hydrogens (tertiary/aromatic N) is 3. The average molecular weight is 1180 g/mol. The van der Waals surface area contributed by atoms with Crippen molar-refractivity contribution in [1.82, 2.24) is 0 Å². The zero-order chi connectivity index (χ0) is 60.5. The van der Waals surface area contributed by atoms with Crippen molar-refractivity contribution in [2.45, 2.75) is 207 Å². The average Bonchev–Trinajstić information content (AvgIpc) is 0.961. The molecule has 4 aromatic rings. The molecule has 20 atom stereocenters. The predicted molar refractivity (Wildman–Crippen MR) is 321 cm³/mol. The fraction of sp³-hybridized carbons (Fsp3) is 0.621. The van der Waals surface area contributed by atoms with Crippen molar-refractivity contribution in [3.8, 4) is 0 Å². The number of azide groups is 1. The Bertz CT molecular complexity index is 2660. The number of rotatable bonds is 22. The molecule has 0 aromatic heterocycles. The lowest BCUT2D eigenvalue weighted by Crippen LogP contribution is -2.67. The Hall–Kier alpha value is -4.60. The van der Waals surface area contributed by atoms with E-state index >= 15 is 0 Å². The molecule has 4 heterocycles. The SMILES string of the molecule is CC1[C@@H](O[C@@H]2C(C)O[C@@H](OCC(=O)OC(C)(C)C)C(C)[C@@H]2OCc2ccccc2)OC(CO)[C@@H](O[C@@H]2OC(C)[C@@H](O[C@H]3OC(CO[Si](c4ccccc4)(c4ccccc4)C(C)(C)C)[C@@H](C)[C@H](C)C3N=[N+]=[N-])[C@@H](OCc3ccccc3)C2C)[C@@H]1C. The van der Waals surface area contributed by atoms with Crippen molar-refractivity contribution in [1.29, 1.82) is 0 Å². The molecule has 8 rings (SSSR count). The number of hydrogen-bond donors (Lipinski definition) is 1. The minimum Gasteiger partial charge on any atom is -0.458 e. The van der Waals surface area contributed by atoms with E-state index < -0.39 is 112 Å². The second kappa shape index (κ2) is 28.9. The van der Waals surface area contributed by atoms with E-state index in [0.29, 0.717) is 6.61 Å². The zero-order valence-corrected chi connectivity index (χ0v) is 52.7. The Morgan fingerprint density at radius 3 is 1.48 bits per heavy atom. The Labute approximate surface area is 499 Å². The molecular weight excluding hydrogens is 1090 g/mol. The minimum absolute atomic E-state index is 0.0754. The molecule has 17 nitrogen and oxygen atoms in total. The van der Waals surface area contributed by atoms with Crippen LogP contribution in [0.2, 0.25) is 5.04 Å². The summed E-state index contributed by atoms with van der Waals surface area (Å²) >= 11 is 0. The predicted octanol–water partition coefficient (Wildman–Crippen LogP) is 10.7. The van der Waals surface area contributed by atoms with Crippen LogP contribution in [0.4, 0.5) is 0 Å². The number of esters is 1. The monoisotopic (exact) mass is 1180 g/mol. The number of carbonyl (C=O) groups is 1. The van der Waals surface area contributed by atoms with Gasteiger partial charge in [-0.3, -0.25) is 0 Å². The molecule has 4 aliphatic rings. The molecule has 8 unspecified atom stereocenters. The molecule has 0 aliphatic carbocycles. The van der Waals surface area contributed by atoms with Crippen molar-refractivity contribution in [2.24, 2.45) is 40.6 Å². The van der Waals surface area contributed by atoms with E-state index in [1.165, 1.54) is 0 Å². The maximum absolute atomic E-state index is 12.8. The molecule has 0 radical (unpaired) electrons. The lowest BCUT2D eigenvalue weighted by atomic mass is 9.82. The summed E-state index contributed by atoms with van der Waals surface area (Å²) in [7, 11) is -2.96. The summed E-state index contributed by atoms with van der Waals surface area (Å²) in [5.74, 6) is -2.03. The molecule has 1 N–H and O–H groups in total. The van der Waals surface area contributed by atoms with Gasteiger partial charge in [0.1, 0.15) is 30.5 Å². The fourth-order valence-electron chi connectivity index (χ4n) is 12.5. The molecule has 0 bridgehead atoms. The Morgan fingerprint density at radius 1 is 0.536 bits per heavy atom. The van der Waals surface area contributed by atoms with Crippen molar-refractivity contribution in [3.63, 3.8) is 0 Å². The van der Waals surface area contributed by atoms with Gasteiger partial charge in [-0.05, 0) is 84.4 Å². The summed E-state index contributed by atoms with van der Waals surface area (Å²) in [5.41, 5.74) is 11.3. The Kier molecular flexibility index (Phi) is 22.5. The first kappa shape index (κ1) is 65.4. The van der Waals surface area contributed by atoms with Crippen LogP contribution >= 0.6 is 0 Å². The van der Waals surface area contributed by atoms with Gasteiger partial charge in [-0.15, -0.1) is 0 Å². The summed E-state index contributed by atoms with van der Waals surface area (Å²) in [5, 5.41) is 17.6. The molecule has 84 heavy (non-hydrogen) atoms. The van der Waals surface area contributed by atoms with E-state index in [4.69, 9.17) is 56.5 Å². The first-order valence-electron chi connectivity index (χ1n) is 30.2. The van der Waals surface area contributed by atoms with Crippen LogP contribution in [-0.2, 0) is 74.5 Å². The lowest BCUT2D eigenvalue weighted by molar-refractivity contribution is -0.367. The van der Waals surface area contributed by atoms with E-state index in [1.807, 2.05) is 128 Å². The lowest BCUT2D eigenvalue weighted by Gasteiger charge is -2.51. The highest BCUT2D eigenvalue weighted by Gasteiger charge is 2.55. The minimum atomic E-state index is -2.96. The number of benzene rings is 4. The summed E-state index contributed by atoms with van der Waals surface area (Å²) in [6.07, 6.45) is -8.98. The van der Waals surface area contributed by atoms with Gasteiger partial charge < -0.3 is 61.6 Å². The van der Waals surface area contributed by atoms with Gasteiger partial charge in [0.2, 0.25) is 0 Å². The molecule has 0 saturated carbocycles. The maximum atomic E-state index is 12.8. The number of aliphatic hydroxyl groups excluding tert-OH is 1. The van der Waals surface area contributed by atoms with Crippen LogP contribution < -0.4 is 10.4 Å². The Morgan fingerprint density at radius 2 is 0.988 bits per heavy atom. The van der Waals surface area contributed by atoms with Crippen LogP contribution in [0, 0.1) is 35.5 Å². The molecule has 18 heteroatoms. The van der Waals surface area contributed by atoms with E-state index in [2.05, 4.69) is 100 Å². The van der Waals surface area contributed by atoms with Crippen LogP contribution in [0.25, 0.3) is 10.4 Å². The van der Waals surface area contributed by atoms with Crippen molar-refractivity contribution in [2.75, 3.05) is 19.8 Å². The van der Waals surface area contributed by atoms with Gasteiger partial charge in [0, 0.05) is 22.7 Å². The molecule has 0 amide bonds. The quantitative estimate of drug-likeness (QED) is 0.0256. The largest absolute Gasteiger partial charge is 0.458 e. The van der Waals surface area contributed by atoms with E-state index in [0.717, 1.165) is 21.5 Å². The van der Waals surface area contributed by atoms with Gasteiger partial charge in [-0.2, -0.15) is 0 Å². The van der Waals surface area contributed by atoms with E-state index in [-0.39, 0.29) is 61.1 Å². The van der Waals surface area contributed by atoms with Crippen LogP contribution in [0.5, 0.6) is 0 Å². The standard InChI is InChI=1S/C66H93N3O14Si/c1-40-41(2)55(68-69-67)64(79-53(40)38-75-84(66(12,13)14,50-31-23-17-24-32-50)51-33-25-18-26-34-51)82-60-47(8)77-63(45(6)58(60)73-37-49-29-21-16-22-30-49)80-56-42(3)43(4)62(78-52(56)35-70)81-59-46(7)76-61(74-39-54(71)83-65(9,10)11)44(5)57(59)72-36-48-27-19-15-20-28-48/h15-34,40-47,52-53,55-64,70H,35-39H2,1-14H3/t40-,41-,42+,43?,44?,45?,46?,47?,52?,53?,55?,56-,57-,58-,59+,60+,61+,62+,63-,64+/m0/s1. The van der Waals surface area contributed by atoms with Crippen molar-refractivity contribution in [3.05, 3.63) is 143 Å². The van der Waals surface area contributed by atoms with Crippen LogP contribution in [0.15, 0.2) is 126 Å². The van der Waals surface area contributed by atoms with Gasteiger partial charge in [0.15, 0.2) is 25.2 Å².